The zero-order valence-corrected chi connectivity index (χ0v) is 15.0. The van der Waals surface area contributed by atoms with Crippen LogP contribution in [0.4, 0.5) is 0 Å². The molecule has 0 aliphatic carbocycles. The zero-order valence-electron chi connectivity index (χ0n) is 15.0. The average molecular weight is 269 g/mol. The van der Waals surface area contributed by atoms with Gasteiger partial charge >= 0.3 is 0 Å². The summed E-state index contributed by atoms with van der Waals surface area (Å²) in [6.07, 6.45) is 7.00. The normalized spacial score (nSPS) is 18.6. The second-order valence-electron chi connectivity index (χ2n) is 7.85. The molecular weight excluding hydrogens is 228 g/mol. The summed E-state index contributed by atoms with van der Waals surface area (Å²) >= 11 is 0. The standard InChI is InChI=1S/C19H40/c1-9-16(6)11-10-12-17(7)19(15(4)5)18(8)13-14(2)3/h14-19H,9-13H2,1-8H3. The van der Waals surface area contributed by atoms with Crippen LogP contribution in [-0.2, 0) is 0 Å². The van der Waals surface area contributed by atoms with Gasteiger partial charge < -0.3 is 0 Å². The van der Waals surface area contributed by atoms with Gasteiger partial charge in [-0.3, -0.25) is 0 Å². The number of rotatable bonds is 10. The molecule has 0 rings (SSSR count). The maximum absolute atomic E-state index is 2.50. The van der Waals surface area contributed by atoms with Gasteiger partial charge in [0.1, 0.15) is 0 Å². The maximum atomic E-state index is 2.50. The summed E-state index contributed by atoms with van der Waals surface area (Å²) in [4.78, 5) is 0. The Morgan fingerprint density at radius 3 is 1.74 bits per heavy atom. The van der Waals surface area contributed by atoms with Gasteiger partial charge in [0.05, 0.1) is 0 Å². The summed E-state index contributed by atoms with van der Waals surface area (Å²) in [7, 11) is 0. The molecule has 0 aliphatic heterocycles. The Morgan fingerprint density at radius 1 is 0.737 bits per heavy atom. The third-order valence-electron chi connectivity index (χ3n) is 4.98. The lowest BCUT2D eigenvalue weighted by atomic mass is 9.72. The van der Waals surface area contributed by atoms with Crippen LogP contribution in [0.15, 0.2) is 0 Å². The zero-order chi connectivity index (χ0) is 15.0. The first-order valence-corrected chi connectivity index (χ1v) is 8.79. The van der Waals surface area contributed by atoms with E-state index in [0.717, 1.165) is 35.5 Å². The number of hydrogen-bond acceptors (Lipinski definition) is 0. The minimum Gasteiger partial charge on any atom is -0.0651 e. The third kappa shape index (κ3) is 8.00. The summed E-state index contributed by atoms with van der Waals surface area (Å²) in [5, 5.41) is 0. The Bertz CT molecular complexity index is 204. The Balaban J connectivity index is 4.29. The van der Waals surface area contributed by atoms with Crippen molar-refractivity contribution >= 4 is 0 Å². The first-order chi connectivity index (χ1) is 8.79. The minimum atomic E-state index is 0.826. The van der Waals surface area contributed by atoms with Gasteiger partial charge in [0, 0.05) is 0 Å². The van der Waals surface area contributed by atoms with Crippen LogP contribution >= 0.6 is 0 Å². The van der Waals surface area contributed by atoms with E-state index in [4.69, 9.17) is 0 Å². The highest BCUT2D eigenvalue weighted by Crippen LogP contribution is 2.35. The molecule has 116 valence electrons. The molecule has 0 saturated heterocycles. The summed E-state index contributed by atoms with van der Waals surface area (Å²) < 4.78 is 0. The molecule has 4 atom stereocenters. The monoisotopic (exact) mass is 268 g/mol. The molecule has 19 heavy (non-hydrogen) atoms. The van der Waals surface area contributed by atoms with Crippen LogP contribution in [0, 0.1) is 35.5 Å². The van der Waals surface area contributed by atoms with E-state index in [9.17, 15) is 0 Å². The minimum absolute atomic E-state index is 0.826. The Labute approximate surface area is 123 Å². The van der Waals surface area contributed by atoms with Gasteiger partial charge in [0.2, 0.25) is 0 Å². The predicted molar refractivity (Wildman–Crippen MR) is 89.4 cm³/mol. The molecule has 0 spiro atoms. The van der Waals surface area contributed by atoms with Crippen molar-refractivity contribution in [1.29, 1.82) is 0 Å². The Morgan fingerprint density at radius 2 is 1.32 bits per heavy atom. The summed E-state index contributed by atoms with van der Waals surface area (Å²) in [5.74, 6) is 5.24. The van der Waals surface area contributed by atoms with Crippen molar-refractivity contribution in [3.63, 3.8) is 0 Å². The van der Waals surface area contributed by atoms with Gasteiger partial charge in [-0.1, -0.05) is 81.1 Å². The molecule has 0 heteroatoms. The van der Waals surface area contributed by atoms with Gasteiger partial charge in [-0.25, -0.2) is 0 Å². The van der Waals surface area contributed by atoms with E-state index in [-0.39, 0.29) is 0 Å². The second kappa shape index (κ2) is 9.83. The van der Waals surface area contributed by atoms with Gasteiger partial charge in [-0.05, 0) is 41.9 Å². The summed E-state index contributed by atoms with van der Waals surface area (Å²) in [5.41, 5.74) is 0. The molecule has 0 bridgehead atoms. The molecule has 0 aromatic heterocycles. The maximum Gasteiger partial charge on any atom is -0.0339 e. The fourth-order valence-electron chi connectivity index (χ4n) is 3.96. The van der Waals surface area contributed by atoms with Gasteiger partial charge in [0.25, 0.3) is 0 Å². The van der Waals surface area contributed by atoms with Gasteiger partial charge in [-0.2, -0.15) is 0 Å². The van der Waals surface area contributed by atoms with E-state index >= 15 is 0 Å². The van der Waals surface area contributed by atoms with Crippen molar-refractivity contribution in [2.24, 2.45) is 35.5 Å². The summed E-state index contributed by atoms with van der Waals surface area (Å²) in [6.45, 7) is 19.3. The van der Waals surface area contributed by atoms with Crippen LogP contribution in [0.3, 0.4) is 0 Å². The van der Waals surface area contributed by atoms with Crippen LogP contribution in [0.2, 0.25) is 0 Å². The molecule has 0 aromatic carbocycles. The van der Waals surface area contributed by atoms with Crippen LogP contribution in [-0.4, -0.2) is 0 Å². The Hall–Kier alpha value is 0. The Kier molecular flexibility index (Phi) is 9.83. The molecule has 4 unspecified atom stereocenters. The summed E-state index contributed by atoms with van der Waals surface area (Å²) in [6, 6.07) is 0. The molecule has 0 N–H and O–H groups in total. The largest absolute Gasteiger partial charge is 0.0651 e. The van der Waals surface area contributed by atoms with Crippen molar-refractivity contribution in [2.75, 3.05) is 0 Å². The van der Waals surface area contributed by atoms with Crippen molar-refractivity contribution in [3.8, 4) is 0 Å². The molecular formula is C19H40. The third-order valence-corrected chi connectivity index (χ3v) is 4.98. The fraction of sp³-hybridized carbons (Fsp3) is 1.00. The molecule has 0 fully saturated rings. The van der Waals surface area contributed by atoms with Gasteiger partial charge in [-0.15, -0.1) is 0 Å². The van der Waals surface area contributed by atoms with E-state index in [1.54, 1.807) is 0 Å². The molecule has 0 aliphatic rings. The molecule has 0 saturated carbocycles. The first-order valence-electron chi connectivity index (χ1n) is 8.79. The van der Waals surface area contributed by atoms with E-state index in [0.29, 0.717) is 0 Å². The first kappa shape index (κ1) is 19.0. The van der Waals surface area contributed by atoms with E-state index in [1.165, 1.54) is 32.1 Å². The van der Waals surface area contributed by atoms with E-state index in [1.807, 2.05) is 0 Å². The highest BCUT2D eigenvalue weighted by Gasteiger charge is 2.26. The quantitative estimate of drug-likeness (QED) is 0.409. The lowest BCUT2D eigenvalue weighted by molar-refractivity contribution is 0.155. The predicted octanol–water partition coefficient (Wildman–Crippen LogP) is 6.79. The SMILES string of the molecule is CCC(C)CCCC(C)C(C(C)C)C(C)CC(C)C. The molecule has 0 amide bonds. The number of hydrogen-bond donors (Lipinski definition) is 0. The average Bonchev–Trinajstić information content (AvgIpc) is 2.27. The van der Waals surface area contributed by atoms with E-state index < -0.39 is 0 Å². The lowest BCUT2D eigenvalue weighted by Gasteiger charge is -2.34. The van der Waals surface area contributed by atoms with Crippen LogP contribution in [0.5, 0.6) is 0 Å². The molecule has 0 heterocycles. The van der Waals surface area contributed by atoms with Crippen LogP contribution in [0.1, 0.15) is 87.5 Å². The molecule has 0 aromatic rings. The highest BCUT2D eigenvalue weighted by atomic mass is 14.3. The van der Waals surface area contributed by atoms with Crippen LogP contribution in [0.25, 0.3) is 0 Å². The van der Waals surface area contributed by atoms with Gasteiger partial charge in [0.15, 0.2) is 0 Å². The molecule has 0 radical (unpaired) electrons. The van der Waals surface area contributed by atoms with Crippen molar-refractivity contribution in [1.82, 2.24) is 0 Å². The topological polar surface area (TPSA) is 0 Å². The van der Waals surface area contributed by atoms with Crippen molar-refractivity contribution in [2.45, 2.75) is 87.5 Å². The second-order valence-corrected chi connectivity index (χ2v) is 7.85. The molecule has 0 nitrogen and oxygen atoms in total. The van der Waals surface area contributed by atoms with Crippen LogP contribution < -0.4 is 0 Å². The lowest BCUT2D eigenvalue weighted by Crippen LogP contribution is -2.26. The fourth-order valence-corrected chi connectivity index (χ4v) is 3.96. The smallest absolute Gasteiger partial charge is 0.0339 e. The van der Waals surface area contributed by atoms with Crippen molar-refractivity contribution < 1.29 is 0 Å². The van der Waals surface area contributed by atoms with Crippen molar-refractivity contribution in [3.05, 3.63) is 0 Å². The van der Waals surface area contributed by atoms with E-state index in [2.05, 4.69) is 55.4 Å². The highest BCUT2D eigenvalue weighted by molar-refractivity contribution is 4.76.